The van der Waals surface area contributed by atoms with Crippen LogP contribution in [0.5, 0.6) is 0 Å². The number of alkyl carbamates (subject to hydrolysis) is 1. The zero-order valence-corrected chi connectivity index (χ0v) is 23.3. The standard InChI is InChI=1S/C26H41N5O7/c1-25(2,3)37-23(34)30-22(31-24(35)38-26(4,5)6)28-15-9-8-10-20(32)29-18-13-11-17(12-14-18)16-19(27)21(33)36-7/h11-14,19H,8-10,15-16,27H2,1-7H3,(H,29,32)(H2,28,30,31,34,35)/t19-/m0/s1. The number of unbranched alkanes of at least 4 members (excludes halogenated alkanes) is 1. The van der Waals surface area contributed by atoms with Crippen molar-refractivity contribution >= 4 is 35.7 Å². The molecule has 38 heavy (non-hydrogen) atoms. The summed E-state index contributed by atoms with van der Waals surface area (Å²) in [5.74, 6) is -0.760. The van der Waals surface area contributed by atoms with E-state index in [0.717, 1.165) is 5.56 Å². The number of guanidine groups is 1. The van der Waals surface area contributed by atoms with Crippen molar-refractivity contribution in [1.82, 2.24) is 10.6 Å². The topological polar surface area (TPSA) is 170 Å². The largest absolute Gasteiger partial charge is 0.468 e. The van der Waals surface area contributed by atoms with Crippen LogP contribution in [0.4, 0.5) is 15.3 Å². The Bertz CT molecular complexity index is 979. The molecule has 1 atom stereocenters. The Kier molecular flexibility index (Phi) is 12.7. The first-order valence-electron chi connectivity index (χ1n) is 12.4. The third-order valence-corrected chi connectivity index (χ3v) is 4.54. The van der Waals surface area contributed by atoms with E-state index in [0.29, 0.717) is 31.5 Å². The molecule has 1 aromatic rings. The molecule has 0 fully saturated rings. The van der Waals surface area contributed by atoms with Crippen LogP contribution in [0.15, 0.2) is 29.3 Å². The molecule has 1 aromatic carbocycles. The van der Waals surface area contributed by atoms with Crippen LogP contribution in [0.25, 0.3) is 0 Å². The van der Waals surface area contributed by atoms with Gasteiger partial charge in [0.2, 0.25) is 11.9 Å². The number of hydrogen-bond acceptors (Lipinski definition) is 8. The number of nitrogens with zero attached hydrogens (tertiary/aromatic N) is 1. The van der Waals surface area contributed by atoms with Crippen LogP contribution >= 0.6 is 0 Å². The van der Waals surface area contributed by atoms with Gasteiger partial charge in [0.25, 0.3) is 0 Å². The Labute approximate surface area is 224 Å². The fourth-order valence-corrected chi connectivity index (χ4v) is 2.94. The van der Waals surface area contributed by atoms with E-state index < -0.39 is 35.4 Å². The summed E-state index contributed by atoms with van der Waals surface area (Å²) in [5, 5.41) is 8.10. The number of amides is 3. The van der Waals surface area contributed by atoms with E-state index in [-0.39, 0.29) is 18.3 Å². The summed E-state index contributed by atoms with van der Waals surface area (Å²) in [7, 11) is 1.29. The summed E-state index contributed by atoms with van der Waals surface area (Å²) < 4.78 is 15.0. The molecule has 0 spiro atoms. The fraction of sp³-hybridized carbons (Fsp3) is 0.577. The van der Waals surface area contributed by atoms with Crippen molar-refractivity contribution in [1.29, 1.82) is 0 Å². The van der Waals surface area contributed by atoms with Crippen LogP contribution in [0.3, 0.4) is 0 Å². The first kappa shape index (κ1) is 32.4. The summed E-state index contributed by atoms with van der Waals surface area (Å²) in [6.45, 7) is 10.6. The van der Waals surface area contributed by atoms with Gasteiger partial charge >= 0.3 is 18.2 Å². The Morgan fingerprint density at radius 3 is 2.11 bits per heavy atom. The number of methoxy groups -OCH3 is 1. The van der Waals surface area contributed by atoms with Gasteiger partial charge in [0, 0.05) is 18.7 Å². The van der Waals surface area contributed by atoms with Crippen molar-refractivity contribution in [2.24, 2.45) is 10.7 Å². The quantitative estimate of drug-likeness (QED) is 0.122. The molecule has 12 nitrogen and oxygen atoms in total. The lowest BCUT2D eigenvalue weighted by molar-refractivity contribution is -0.142. The highest BCUT2D eigenvalue weighted by Crippen LogP contribution is 2.12. The molecule has 0 aromatic heterocycles. The molecule has 0 saturated carbocycles. The van der Waals surface area contributed by atoms with E-state index in [1.807, 2.05) is 0 Å². The van der Waals surface area contributed by atoms with Gasteiger partial charge in [0.1, 0.15) is 17.2 Å². The maximum Gasteiger partial charge on any atom is 0.437 e. The minimum Gasteiger partial charge on any atom is -0.468 e. The highest BCUT2D eigenvalue weighted by atomic mass is 16.6. The number of anilines is 1. The highest BCUT2D eigenvalue weighted by molar-refractivity contribution is 5.98. The number of nitrogens with two attached hydrogens (primary N) is 1. The average molecular weight is 536 g/mol. The van der Waals surface area contributed by atoms with Crippen molar-refractivity contribution in [2.45, 2.75) is 84.5 Å². The third kappa shape index (κ3) is 14.8. The van der Waals surface area contributed by atoms with E-state index in [4.69, 9.17) is 15.2 Å². The number of carbonyl (C=O) groups is 4. The molecule has 0 heterocycles. The van der Waals surface area contributed by atoms with Gasteiger partial charge in [-0.15, -0.1) is 4.99 Å². The van der Waals surface area contributed by atoms with Gasteiger partial charge in [-0.2, -0.15) is 0 Å². The van der Waals surface area contributed by atoms with Crippen LogP contribution in [0.2, 0.25) is 0 Å². The SMILES string of the molecule is COC(=O)[C@@H](N)Cc1ccc(NC(=O)CCCCN/C(=N/C(=O)OC(C)(C)C)NC(=O)OC(C)(C)C)cc1. The average Bonchev–Trinajstić information content (AvgIpc) is 2.76. The van der Waals surface area contributed by atoms with Gasteiger partial charge in [0.05, 0.1) is 7.11 Å². The number of aliphatic imine (C=N–C) groups is 1. The Morgan fingerprint density at radius 2 is 1.55 bits per heavy atom. The van der Waals surface area contributed by atoms with Crippen molar-refractivity contribution in [3.05, 3.63) is 29.8 Å². The van der Waals surface area contributed by atoms with E-state index in [9.17, 15) is 19.2 Å². The minimum atomic E-state index is -0.867. The molecule has 0 radical (unpaired) electrons. The zero-order chi connectivity index (χ0) is 28.9. The summed E-state index contributed by atoms with van der Waals surface area (Å²) in [5.41, 5.74) is 5.75. The molecular weight excluding hydrogens is 494 g/mol. The molecule has 0 aliphatic carbocycles. The van der Waals surface area contributed by atoms with Gasteiger partial charge in [-0.1, -0.05) is 12.1 Å². The minimum absolute atomic E-state index is 0.107. The number of esters is 1. The lowest BCUT2D eigenvalue weighted by atomic mass is 10.1. The monoisotopic (exact) mass is 535 g/mol. The Balaban J connectivity index is 2.53. The summed E-state index contributed by atoms with van der Waals surface area (Å²) >= 11 is 0. The van der Waals surface area contributed by atoms with Crippen molar-refractivity contribution in [3.63, 3.8) is 0 Å². The molecule has 0 bridgehead atoms. The predicted octanol–water partition coefficient (Wildman–Crippen LogP) is 3.24. The summed E-state index contributed by atoms with van der Waals surface area (Å²) in [6.07, 6.45) is 0.0432. The second kappa shape index (κ2) is 14.9. The lowest BCUT2D eigenvalue weighted by Crippen LogP contribution is -2.44. The van der Waals surface area contributed by atoms with E-state index in [2.05, 4.69) is 25.7 Å². The maximum atomic E-state index is 12.3. The van der Waals surface area contributed by atoms with Crippen LogP contribution in [-0.4, -0.2) is 60.9 Å². The normalized spacial score (nSPS) is 12.7. The molecule has 5 N–H and O–H groups in total. The fourth-order valence-electron chi connectivity index (χ4n) is 2.94. The number of nitrogens with one attached hydrogen (secondary N) is 3. The molecule has 0 saturated heterocycles. The molecular formula is C26H41N5O7. The summed E-state index contributed by atoms with van der Waals surface area (Å²) in [4.78, 5) is 51.7. The van der Waals surface area contributed by atoms with Gasteiger partial charge in [-0.25, -0.2) is 9.59 Å². The second-order valence-corrected chi connectivity index (χ2v) is 10.5. The maximum absolute atomic E-state index is 12.3. The Hall–Kier alpha value is -3.67. The third-order valence-electron chi connectivity index (χ3n) is 4.54. The van der Waals surface area contributed by atoms with E-state index >= 15 is 0 Å². The molecule has 0 aliphatic heterocycles. The molecule has 1 rings (SSSR count). The first-order chi connectivity index (χ1) is 17.6. The number of benzene rings is 1. The van der Waals surface area contributed by atoms with Crippen LogP contribution in [0, 0.1) is 0 Å². The molecule has 0 unspecified atom stereocenters. The zero-order valence-electron chi connectivity index (χ0n) is 23.3. The number of rotatable bonds is 9. The van der Waals surface area contributed by atoms with Crippen molar-refractivity contribution < 1.29 is 33.4 Å². The number of carbonyl (C=O) groups excluding carboxylic acids is 4. The number of hydrogen-bond donors (Lipinski definition) is 4. The van der Waals surface area contributed by atoms with Gasteiger partial charge in [-0.3, -0.25) is 14.9 Å². The molecule has 12 heteroatoms. The molecule has 0 aliphatic rings. The number of ether oxygens (including phenoxy) is 3. The predicted molar refractivity (Wildman–Crippen MR) is 144 cm³/mol. The summed E-state index contributed by atoms with van der Waals surface area (Å²) in [6, 6.07) is 6.29. The van der Waals surface area contributed by atoms with E-state index in [1.54, 1.807) is 65.8 Å². The first-order valence-corrected chi connectivity index (χ1v) is 12.4. The van der Waals surface area contributed by atoms with Crippen LogP contribution in [0.1, 0.15) is 66.4 Å². The van der Waals surface area contributed by atoms with Gasteiger partial charge in [0.15, 0.2) is 0 Å². The van der Waals surface area contributed by atoms with Gasteiger partial charge in [-0.05, 0) is 78.5 Å². The van der Waals surface area contributed by atoms with Crippen LogP contribution in [-0.2, 0) is 30.2 Å². The second-order valence-electron chi connectivity index (χ2n) is 10.5. The van der Waals surface area contributed by atoms with Gasteiger partial charge < -0.3 is 30.6 Å². The van der Waals surface area contributed by atoms with Crippen molar-refractivity contribution in [2.75, 3.05) is 19.0 Å². The lowest BCUT2D eigenvalue weighted by Gasteiger charge is -2.21. The highest BCUT2D eigenvalue weighted by Gasteiger charge is 2.20. The molecule has 3 amide bonds. The van der Waals surface area contributed by atoms with Crippen molar-refractivity contribution in [3.8, 4) is 0 Å². The molecule has 212 valence electrons. The van der Waals surface area contributed by atoms with Crippen LogP contribution < -0.4 is 21.7 Å². The smallest absolute Gasteiger partial charge is 0.437 e. The Morgan fingerprint density at radius 1 is 0.947 bits per heavy atom. The van der Waals surface area contributed by atoms with E-state index in [1.165, 1.54) is 7.11 Å².